The Morgan fingerprint density at radius 1 is 1.20 bits per heavy atom. The maximum Gasteiger partial charge on any atom is 0.231 e. The molecule has 3 unspecified atom stereocenters. The molecular weight excluding hydrogens is 334 g/mol. The van der Waals surface area contributed by atoms with Gasteiger partial charge in [-0.15, -0.1) is 11.3 Å². The number of piperidine rings is 1. The van der Waals surface area contributed by atoms with Crippen LogP contribution in [0.15, 0.2) is 5.51 Å². The zero-order valence-corrected chi connectivity index (χ0v) is 15.5. The number of carbonyl (C=O) groups is 2. The molecule has 2 bridgehead atoms. The normalized spacial score (nSPS) is 36.3. The molecule has 0 aromatic carbocycles. The smallest absolute Gasteiger partial charge is 0.231 e. The molecule has 4 aliphatic rings. The number of hydrogen-bond acceptors (Lipinski definition) is 4. The summed E-state index contributed by atoms with van der Waals surface area (Å²) >= 11 is 1.69. The van der Waals surface area contributed by atoms with Crippen molar-refractivity contribution in [2.45, 2.75) is 51.0 Å². The molecule has 134 valence electrons. The molecule has 1 saturated carbocycles. The van der Waals surface area contributed by atoms with Crippen LogP contribution < -0.4 is 0 Å². The predicted molar refractivity (Wildman–Crippen MR) is 95.3 cm³/mol. The van der Waals surface area contributed by atoms with Crippen molar-refractivity contribution in [1.29, 1.82) is 0 Å². The van der Waals surface area contributed by atoms with E-state index in [4.69, 9.17) is 0 Å². The highest BCUT2D eigenvalue weighted by molar-refractivity contribution is 7.09. The quantitative estimate of drug-likeness (QED) is 0.814. The first-order valence-electron chi connectivity index (χ1n) is 9.63. The maximum atomic E-state index is 13.2. The van der Waals surface area contributed by atoms with E-state index in [0.29, 0.717) is 17.7 Å². The molecule has 2 amide bonds. The van der Waals surface area contributed by atoms with E-state index in [2.05, 4.69) is 16.8 Å². The number of aromatic nitrogens is 1. The summed E-state index contributed by atoms with van der Waals surface area (Å²) < 4.78 is 0. The van der Waals surface area contributed by atoms with Gasteiger partial charge in [0.1, 0.15) is 0 Å². The van der Waals surface area contributed by atoms with Crippen LogP contribution in [-0.2, 0) is 16.0 Å². The van der Waals surface area contributed by atoms with Crippen LogP contribution in [0.25, 0.3) is 0 Å². The molecule has 2 aliphatic heterocycles. The van der Waals surface area contributed by atoms with Crippen LogP contribution >= 0.6 is 11.3 Å². The average Bonchev–Trinajstić information content (AvgIpc) is 3.04. The number of nitrogens with zero attached hydrogens (tertiary/aromatic N) is 3. The molecule has 1 aromatic heterocycles. The third kappa shape index (κ3) is 2.60. The van der Waals surface area contributed by atoms with Gasteiger partial charge in [0.15, 0.2) is 0 Å². The molecule has 3 fully saturated rings. The van der Waals surface area contributed by atoms with Crippen LogP contribution in [0.1, 0.15) is 49.1 Å². The minimum atomic E-state index is -0.0555. The second-order valence-corrected chi connectivity index (χ2v) is 9.35. The fraction of sp³-hybridized carbons (Fsp3) is 0.737. The summed E-state index contributed by atoms with van der Waals surface area (Å²) in [6.07, 6.45) is 5.18. The fourth-order valence-electron chi connectivity index (χ4n) is 5.10. The lowest BCUT2D eigenvalue weighted by atomic mass is 9.88. The number of thiazole rings is 1. The van der Waals surface area contributed by atoms with Crippen molar-refractivity contribution in [3.05, 3.63) is 16.1 Å². The molecule has 1 aromatic rings. The van der Waals surface area contributed by atoms with E-state index >= 15 is 0 Å². The topological polar surface area (TPSA) is 53.5 Å². The summed E-state index contributed by atoms with van der Waals surface area (Å²) in [7, 11) is 0. The number of rotatable bonds is 2. The van der Waals surface area contributed by atoms with Gasteiger partial charge < -0.3 is 9.80 Å². The Morgan fingerprint density at radius 3 is 2.84 bits per heavy atom. The highest BCUT2D eigenvalue weighted by Gasteiger charge is 2.49. The van der Waals surface area contributed by atoms with E-state index in [1.54, 1.807) is 11.3 Å². The molecule has 2 saturated heterocycles. The van der Waals surface area contributed by atoms with Crippen LogP contribution in [0.3, 0.4) is 0 Å². The zero-order valence-electron chi connectivity index (χ0n) is 14.7. The molecular formula is C19H25N3O2S. The van der Waals surface area contributed by atoms with Crippen molar-refractivity contribution in [1.82, 2.24) is 14.8 Å². The highest BCUT2D eigenvalue weighted by atomic mass is 32.1. The molecule has 5 rings (SSSR count). The predicted octanol–water partition coefficient (Wildman–Crippen LogP) is 2.28. The van der Waals surface area contributed by atoms with E-state index in [-0.39, 0.29) is 23.8 Å². The molecule has 0 spiro atoms. The van der Waals surface area contributed by atoms with Gasteiger partial charge in [0.25, 0.3) is 0 Å². The summed E-state index contributed by atoms with van der Waals surface area (Å²) in [6, 6.07) is 0.237. The molecule has 25 heavy (non-hydrogen) atoms. The van der Waals surface area contributed by atoms with Gasteiger partial charge >= 0.3 is 0 Å². The van der Waals surface area contributed by atoms with E-state index < -0.39 is 0 Å². The van der Waals surface area contributed by atoms with Gasteiger partial charge in [-0.1, -0.05) is 6.92 Å². The van der Waals surface area contributed by atoms with E-state index in [1.165, 1.54) is 4.88 Å². The van der Waals surface area contributed by atoms with Crippen LogP contribution in [0.4, 0.5) is 0 Å². The van der Waals surface area contributed by atoms with E-state index in [0.717, 1.165) is 57.4 Å². The number of fused-ring (bicyclic) bond motifs is 3. The molecule has 3 heterocycles. The third-order valence-corrected chi connectivity index (χ3v) is 7.54. The van der Waals surface area contributed by atoms with Crippen LogP contribution in [0.2, 0.25) is 0 Å². The zero-order chi connectivity index (χ0) is 17.1. The Labute approximate surface area is 152 Å². The number of hydrogen-bond donors (Lipinski definition) is 0. The lowest BCUT2D eigenvalue weighted by molar-refractivity contribution is -0.138. The number of carbonyl (C=O) groups excluding carboxylic acids is 2. The molecule has 0 radical (unpaired) electrons. The first-order chi connectivity index (χ1) is 12.1. The maximum absolute atomic E-state index is 13.2. The molecule has 6 heteroatoms. The van der Waals surface area contributed by atoms with Crippen LogP contribution in [-0.4, -0.2) is 52.3 Å². The monoisotopic (exact) mass is 359 g/mol. The van der Waals surface area contributed by atoms with Crippen molar-refractivity contribution < 1.29 is 9.59 Å². The number of amides is 2. The standard InChI is InChI=1S/C19H25N3O2S/c1-11-5-15(11)19(24)22-8-12-6-13(22)9-21(7-12)18(23)14-3-2-4-16-17(14)20-10-25-16/h10-15H,2-9H2,1H3/t11-,12?,13?,14?,15-/m1/s1. The van der Waals surface area contributed by atoms with Gasteiger partial charge in [-0.3, -0.25) is 9.59 Å². The minimum Gasteiger partial charge on any atom is -0.340 e. The Morgan fingerprint density at radius 2 is 2.04 bits per heavy atom. The van der Waals surface area contributed by atoms with Crippen molar-refractivity contribution >= 4 is 23.2 Å². The fourth-order valence-corrected chi connectivity index (χ4v) is 5.97. The second kappa shape index (κ2) is 5.79. The highest BCUT2D eigenvalue weighted by Crippen LogP contribution is 2.42. The number of aryl methyl sites for hydroxylation is 1. The largest absolute Gasteiger partial charge is 0.340 e. The third-order valence-electron chi connectivity index (χ3n) is 6.63. The van der Waals surface area contributed by atoms with Gasteiger partial charge in [0, 0.05) is 36.5 Å². The van der Waals surface area contributed by atoms with E-state index in [9.17, 15) is 9.59 Å². The summed E-state index contributed by atoms with van der Waals surface area (Å²) in [6.45, 7) is 4.55. The summed E-state index contributed by atoms with van der Waals surface area (Å²) in [4.78, 5) is 35.8. The Bertz CT molecular complexity index is 717. The van der Waals surface area contributed by atoms with Gasteiger partial charge in [-0.2, -0.15) is 0 Å². The van der Waals surface area contributed by atoms with Crippen molar-refractivity contribution in [2.24, 2.45) is 17.8 Å². The lowest BCUT2D eigenvalue weighted by Gasteiger charge is -2.35. The molecule has 2 aliphatic carbocycles. The molecule has 5 atom stereocenters. The lowest BCUT2D eigenvalue weighted by Crippen LogP contribution is -2.48. The van der Waals surface area contributed by atoms with Gasteiger partial charge in [0.2, 0.25) is 11.8 Å². The Balaban J connectivity index is 1.31. The van der Waals surface area contributed by atoms with E-state index in [1.807, 2.05) is 10.4 Å². The van der Waals surface area contributed by atoms with Crippen molar-refractivity contribution in [3.63, 3.8) is 0 Å². The van der Waals surface area contributed by atoms with Crippen LogP contribution in [0.5, 0.6) is 0 Å². The van der Waals surface area contributed by atoms with Gasteiger partial charge in [0.05, 0.1) is 17.1 Å². The first kappa shape index (κ1) is 15.8. The molecule has 0 N–H and O–H groups in total. The Hall–Kier alpha value is -1.43. The molecule has 5 nitrogen and oxygen atoms in total. The van der Waals surface area contributed by atoms with Crippen molar-refractivity contribution in [2.75, 3.05) is 19.6 Å². The first-order valence-corrected chi connectivity index (χ1v) is 10.5. The Kier molecular flexibility index (Phi) is 3.66. The van der Waals surface area contributed by atoms with Crippen molar-refractivity contribution in [3.8, 4) is 0 Å². The van der Waals surface area contributed by atoms with Gasteiger partial charge in [-0.05, 0) is 43.9 Å². The second-order valence-electron chi connectivity index (χ2n) is 8.41. The van der Waals surface area contributed by atoms with Gasteiger partial charge in [-0.25, -0.2) is 4.98 Å². The van der Waals surface area contributed by atoms with Crippen LogP contribution in [0, 0.1) is 17.8 Å². The minimum absolute atomic E-state index is 0.0555. The summed E-state index contributed by atoms with van der Waals surface area (Å²) in [5.41, 5.74) is 2.91. The summed E-state index contributed by atoms with van der Waals surface area (Å²) in [5.74, 6) is 1.79. The number of likely N-dealkylation sites (tertiary alicyclic amines) is 2. The SMILES string of the molecule is C[C@@H]1C[C@H]1C(=O)N1CC2CC1CN(C(=O)C1CCCc3scnc31)C2. The summed E-state index contributed by atoms with van der Waals surface area (Å²) in [5, 5.41) is 0. The average molecular weight is 359 g/mol.